The van der Waals surface area contributed by atoms with E-state index in [2.05, 4.69) is 36.2 Å². The van der Waals surface area contributed by atoms with E-state index in [4.69, 9.17) is 0 Å². The lowest BCUT2D eigenvalue weighted by atomic mass is 10.3. The smallest absolute Gasteiger partial charge is 0.421 e. The fraction of sp³-hybridized carbons (Fsp3) is 0.833. The van der Waals surface area contributed by atoms with Gasteiger partial charge in [0.15, 0.2) is 40.1 Å². The first-order valence-corrected chi connectivity index (χ1v) is 14.9. The first-order chi connectivity index (χ1) is 17.2. The highest BCUT2D eigenvalue weighted by Crippen LogP contribution is 2.37. The van der Waals surface area contributed by atoms with Crippen molar-refractivity contribution in [1.29, 1.82) is 0 Å². The number of sulfonamides is 4. The molecule has 1 aliphatic rings. The molecule has 1 rings (SSSR count). The highest BCUT2D eigenvalue weighted by atomic mass is 32.3. The standard InChI is InChI=1S/C8H16N2.2C2F6NO4S2/c1-3-4-5-10-7-6-9(2)8-10;2*3-1(4,5)14(10,11)9-15(12,13)2(6,7)8/h6-7H,3-5,8H2,1-2H3;;/q;2*-1. The predicted octanol–water partition coefficient (Wildman–Crippen LogP) is 3.58. The molecule has 0 aromatic heterocycles. The first-order valence-electron chi connectivity index (χ1n) is 9.10. The Hall–Kier alpha value is -1.78. The van der Waals surface area contributed by atoms with Gasteiger partial charge in [-0.3, -0.25) is 0 Å². The Kier molecular flexibility index (Phi) is 13.6. The monoisotopic (exact) mass is 700 g/mol. The van der Waals surface area contributed by atoms with Crippen molar-refractivity contribution in [3.63, 3.8) is 0 Å². The van der Waals surface area contributed by atoms with Crippen LogP contribution in [0, 0.1) is 0 Å². The van der Waals surface area contributed by atoms with Crippen LogP contribution in [-0.2, 0) is 40.1 Å². The number of nitrogens with zero attached hydrogens (tertiary/aromatic N) is 4. The third-order valence-electron chi connectivity index (χ3n) is 3.30. The van der Waals surface area contributed by atoms with Crippen LogP contribution < -0.4 is 0 Å². The third-order valence-corrected chi connectivity index (χ3v) is 8.78. The lowest BCUT2D eigenvalue weighted by Gasteiger charge is -2.22. The molecule has 0 bridgehead atoms. The number of halogens is 12. The maximum Gasteiger partial charge on any atom is 0.480 e. The number of unbranched alkanes of at least 4 members (excludes halogenated alkanes) is 1. The van der Waals surface area contributed by atoms with Crippen molar-refractivity contribution in [2.45, 2.75) is 41.8 Å². The van der Waals surface area contributed by atoms with E-state index in [1.54, 1.807) is 0 Å². The minimum Gasteiger partial charge on any atom is -0.421 e. The summed E-state index contributed by atoms with van der Waals surface area (Å²) >= 11 is 0. The van der Waals surface area contributed by atoms with Crippen molar-refractivity contribution < 1.29 is 86.4 Å². The zero-order valence-corrected chi connectivity index (χ0v) is 22.5. The van der Waals surface area contributed by atoms with Gasteiger partial charge in [-0.25, -0.2) is 33.7 Å². The predicted molar refractivity (Wildman–Crippen MR) is 110 cm³/mol. The van der Waals surface area contributed by atoms with Crippen LogP contribution in [0.5, 0.6) is 0 Å². The summed E-state index contributed by atoms with van der Waals surface area (Å²) in [5, 5.41) is 0. The van der Waals surface area contributed by atoms with Crippen molar-refractivity contribution in [1.82, 2.24) is 9.80 Å². The molecule has 0 saturated carbocycles. The molecule has 0 spiro atoms. The van der Waals surface area contributed by atoms with Crippen LogP contribution in [0.15, 0.2) is 12.4 Å². The average Bonchev–Trinajstić information content (AvgIpc) is 3.07. The van der Waals surface area contributed by atoms with E-state index in [0.29, 0.717) is 0 Å². The molecule has 40 heavy (non-hydrogen) atoms. The summed E-state index contributed by atoms with van der Waals surface area (Å²) in [4.78, 5) is 4.53. The average molecular weight is 701 g/mol. The number of rotatable bonds is 7. The Labute approximate surface area is 219 Å². The molecule has 0 aromatic rings. The Bertz CT molecular complexity index is 1120. The molecule has 0 saturated heterocycles. The second-order valence-electron chi connectivity index (χ2n) is 6.69. The van der Waals surface area contributed by atoms with Gasteiger partial charge in [0.2, 0.25) is 0 Å². The van der Waals surface area contributed by atoms with E-state index in [9.17, 15) is 86.4 Å². The van der Waals surface area contributed by atoms with Crippen LogP contribution in [0.25, 0.3) is 8.25 Å². The molecular weight excluding hydrogens is 684 g/mol. The summed E-state index contributed by atoms with van der Waals surface area (Å²) in [7, 11) is -24.8. The minimum absolute atomic E-state index is 0.778. The molecule has 242 valence electrons. The fourth-order valence-electron chi connectivity index (χ4n) is 1.52. The molecule has 0 fully saturated rings. The third kappa shape index (κ3) is 12.8. The zero-order valence-electron chi connectivity index (χ0n) is 19.2. The molecule has 0 unspecified atom stereocenters. The van der Waals surface area contributed by atoms with Gasteiger partial charge in [0, 0.05) is 26.0 Å². The Morgan fingerprint density at radius 1 is 0.600 bits per heavy atom. The quantitative estimate of drug-likeness (QED) is 0.358. The molecule has 1 heterocycles. The maximum atomic E-state index is 11.4. The SMILES string of the molecule is CCCCN1C=CN(C)C1.O=S(=O)([N-]S(=O)(=O)C(F)(F)F)C(F)(F)F.O=S(=O)([N-]S(=O)(=O)C(F)(F)F)C(F)(F)F. The molecule has 0 aliphatic carbocycles. The van der Waals surface area contributed by atoms with Crippen LogP contribution in [0.1, 0.15) is 19.8 Å². The zero-order chi connectivity index (χ0) is 32.8. The van der Waals surface area contributed by atoms with Gasteiger partial charge in [-0.1, -0.05) is 13.3 Å². The van der Waals surface area contributed by atoms with Gasteiger partial charge in [-0.05, 0) is 6.42 Å². The lowest BCUT2D eigenvalue weighted by molar-refractivity contribution is -0.0456. The first kappa shape index (κ1) is 40.4. The Morgan fingerprint density at radius 2 is 0.875 bits per heavy atom. The summed E-state index contributed by atoms with van der Waals surface area (Å²) < 4.78 is 218. The molecule has 0 N–H and O–H groups in total. The summed E-state index contributed by atoms with van der Waals surface area (Å²) in [6, 6.07) is 0. The van der Waals surface area contributed by atoms with Crippen molar-refractivity contribution in [2.75, 3.05) is 20.3 Å². The van der Waals surface area contributed by atoms with Crippen molar-refractivity contribution in [3.8, 4) is 0 Å². The van der Waals surface area contributed by atoms with Crippen LogP contribution in [-0.4, -0.2) is 85.8 Å². The van der Waals surface area contributed by atoms with Crippen LogP contribution in [0.3, 0.4) is 0 Å². The molecule has 28 heteroatoms. The largest absolute Gasteiger partial charge is 0.480 e. The van der Waals surface area contributed by atoms with Crippen LogP contribution in [0.2, 0.25) is 0 Å². The second-order valence-corrected chi connectivity index (χ2v) is 13.5. The van der Waals surface area contributed by atoms with Crippen molar-refractivity contribution >= 4 is 40.1 Å². The van der Waals surface area contributed by atoms with Crippen molar-refractivity contribution in [3.05, 3.63) is 20.7 Å². The van der Waals surface area contributed by atoms with Gasteiger partial charge in [0.05, 0.1) is 6.67 Å². The maximum absolute atomic E-state index is 11.4. The van der Waals surface area contributed by atoms with Gasteiger partial charge < -0.3 is 18.1 Å². The van der Waals surface area contributed by atoms with Gasteiger partial charge >= 0.3 is 22.0 Å². The van der Waals surface area contributed by atoms with Gasteiger partial charge in [-0.15, -0.1) is 0 Å². The molecule has 0 radical (unpaired) electrons. The number of hydrogen-bond acceptors (Lipinski definition) is 10. The van der Waals surface area contributed by atoms with E-state index in [1.807, 2.05) is 0 Å². The molecular formula is C12H16F12N4O8S4-2. The Balaban J connectivity index is 0. The van der Waals surface area contributed by atoms with E-state index < -0.39 is 62.1 Å². The van der Waals surface area contributed by atoms with Crippen LogP contribution in [0.4, 0.5) is 52.7 Å². The number of alkyl halides is 12. The van der Waals surface area contributed by atoms with Crippen LogP contribution >= 0.6 is 0 Å². The highest BCUT2D eigenvalue weighted by molar-refractivity contribution is 8.13. The van der Waals surface area contributed by atoms with Gasteiger partial charge in [0.1, 0.15) is 0 Å². The summed E-state index contributed by atoms with van der Waals surface area (Å²) in [6.07, 6.45) is 6.87. The van der Waals surface area contributed by atoms with E-state index in [-0.39, 0.29) is 0 Å². The van der Waals surface area contributed by atoms with E-state index >= 15 is 0 Å². The molecule has 1 aliphatic heterocycles. The molecule has 12 nitrogen and oxygen atoms in total. The minimum atomic E-state index is -6.72. The summed E-state index contributed by atoms with van der Waals surface area (Å²) in [6.45, 7) is 4.50. The molecule has 0 amide bonds. The number of hydrogen-bond donors (Lipinski definition) is 0. The lowest BCUT2D eigenvalue weighted by Crippen LogP contribution is -2.30. The molecule has 0 atom stereocenters. The second kappa shape index (κ2) is 13.5. The highest BCUT2D eigenvalue weighted by Gasteiger charge is 2.48. The van der Waals surface area contributed by atoms with Crippen molar-refractivity contribution in [2.24, 2.45) is 0 Å². The summed E-state index contributed by atoms with van der Waals surface area (Å²) in [5.74, 6) is 0. The fourth-order valence-corrected chi connectivity index (χ4v) is 4.94. The normalized spacial score (nSPS) is 15.8. The van der Waals surface area contributed by atoms with Gasteiger partial charge in [0.25, 0.3) is 0 Å². The molecule has 0 aromatic carbocycles. The van der Waals surface area contributed by atoms with Gasteiger partial charge in [-0.2, -0.15) is 52.7 Å². The van der Waals surface area contributed by atoms with E-state index in [1.165, 1.54) is 19.4 Å². The topological polar surface area (TPSA) is 171 Å². The van der Waals surface area contributed by atoms with E-state index in [0.717, 1.165) is 14.9 Å². The Morgan fingerprint density at radius 3 is 1.05 bits per heavy atom. The summed E-state index contributed by atoms with van der Waals surface area (Å²) in [5.41, 5.74) is -24.8.